The highest BCUT2D eigenvalue weighted by Crippen LogP contribution is 2.50. The van der Waals surface area contributed by atoms with Gasteiger partial charge in [-0.05, 0) is 85.6 Å². The first-order valence-corrected chi connectivity index (χ1v) is 28.5. The van der Waals surface area contributed by atoms with Crippen LogP contribution < -0.4 is 55.7 Å². The van der Waals surface area contributed by atoms with Crippen LogP contribution >= 0.6 is 0 Å². The highest BCUT2D eigenvalue weighted by molar-refractivity contribution is 6.03. The normalized spacial score (nSPS) is 21.1. The van der Waals surface area contributed by atoms with Gasteiger partial charge in [0.1, 0.15) is 62.2 Å². The molecule has 0 radical (unpaired) electrons. The first-order valence-electron chi connectivity index (χ1n) is 28.5. The standard InChI is InChI=1S/C56H68N18O8/c1-74(2)55(76)69(30-24-65-21-27-66(28-22-65)39-9-13-41(14-10-39)81-37-44-6-3-31-78-44)53-60-50-48(73(53)74)56(46-7-4-32-79-46,47-8-5-33-80-47)61-51(71(50)57)62-70-38-58-36-45-49(70)59-52-68(54(75)63-72(45)52)29-23-64-19-25-67(26-20-64)40-11-15-42(16-12-40)82-43-17-34-77-35-18-43/h4-5,7-16,32-33,36,43-44H,3,6,17-31,34-35,37-38,57H2,1-2H3,(H-,61,62,63,75)/p+1. The number of benzene rings is 2. The molecular formula is C56H69N18O8+. The number of anilines is 5. The molecule has 430 valence electrons. The average molecular weight is 1120 g/mol. The highest BCUT2D eigenvalue weighted by Gasteiger charge is 2.60. The summed E-state index contributed by atoms with van der Waals surface area (Å²) in [6.45, 7) is 11.8. The maximum absolute atomic E-state index is 14.7. The van der Waals surface area contributed by atoms with Gasteiger partial charge in [0.2, 0.25) is 17.3 Å². The van der Waals surface area contributed by atoms with Crippen molar-refractivity contribution in [3.05, 3.63) is 119 Å². The number of furan rings is 2. The van der Waals surface area contributed by atoms with Crippen molar-refractivity contribution in [3.63, 3.8) is 0 Å². The number of fused-ring (bicyclic) bond motifs is 6. The predicted octanol–water partition coefficient (Wildman–Crippen LogP) is 3.35. The van der Waals surface area contributed by atoms with Crippen LogP contribution in [-0.2, 0) is 21.6 Å². The zero-order chi connectivity index (χ0) is 55.5. The molecule has 26 heteroatoms. The lowest BCUT2D eigenvalue weighted by atomic mass is 9.88. The average Bonchev–Trinajstić information content (AvgIpc) is 4.55. The Bertz CT molecular complexity index is 3470. The number of imidazole rings is 2. The van der Waals surface area contributed by atoms with E-state index in [2.05, 4.69) is 71.5 Å². The minimum atomic E-state index is -1.54. The molecule has 5 aromatic heterocycles. The summed E-state index contributed by atoms with van der Waals surface area (Å²) in [6.07, 6.45) is 9.17. The second kappa shape index (κ2) is 21.3. The Morgan fingerprint density at radius 2 is 1.43 bits per heavy atom. The molecule has 0 aliphatic carbocycles. The zero-order valence-electron chi connectivity index (χ0n) is 46.2. The number of quaternary nitrogens is 1. The van der Waals surface area contributed by atoms with E-state index >= 15 is 0 Å². The molecule has 26 nitrogen and oxygen atoms in total. The van der Waals surface area contributed by atoms with Crippen LogP contribution in [0.5, 0.6) is 11.5 Å². The lowest BCUT2D eigenvalue weighted by Gasteiger charge is -2.38. The van der Waals surface area contributed by atoms with E-state index < -0.39 is 5.54 Å². The molecule has 0 spiro atoms. The Hall–Kier alpha value is -8.14. The minimum absolute atomic E-state index is 0.125. The molecule has 0 saturated carbocycles. The second-order valence-corrected chi connectivity index (χ2v) is 22.2. The van der Waals surface area contributed by atoms with Crippen molar-refractivity contribution >= 4 is 52.9 Å². The molecule has 2 amide bonds. The van der Waals surface area contributed by atoms with Crippen molar-refractivity contribution in [2.75, 3.05) is 144 Å². The van der Waals surface area contributed by atoms with E-state index in [1.165, 1.54) is 5.01 Å². The molecule has 7 aromatic rings. The number of aliphatic imine (C=N–C) groups is 2. The maximum Gasteiger partial charge on any atom is 0.450 e. The van der Waals surface area contributed by atoms with E-state index in [0.29, 0.717) is 79.1 Å². The number of piperazine rings is 2. The van der Waals surface area contributed by atoms with Gasteiger partial charge in [-0.2, -0.15) is 9.97 Å². The monoisotopic (exact) mass is 1120 g/mol. The third-order valence-electron chi connectivity index (χ3n) is 16.9. The van der Waals surface area contributed by atoms with Crippen molar-refractivity contribution in [2.24, 2.45) is 15.8 Å². The number of nitrogens with two attached hydrogens (primary N) is 1. The fourth-order valence-corrected chi connectivity index (χ4v) is 12.4. The van der Waals surface area contributed by atoms with Crippen molar-refractivity contribution < 1.29 is 32.6 Å². The number of urea groups is 1. The first-order chi connectivity index (χ1) is 40.1. The van der Waals surface area contributed by atoms with Crippen LogP contribution in [0.4, 0.5) is 33.8 Å². The fourth-order valence-electron chi connectivity index (χ4n) is 12.4. The second-order valence-electron chi connectivity index (χ2n) is 22.2. The van der Waals surface area contributed by atoms with Gasteiger partial charge >= 0.3 is 11.7 Å². The fraction of sp³-hybridized carbons (Fsp3) is 0.464. The number of hydrazine groups is 2. The van der Waals surface area contributed by atoms with Gasteiger partial charge < -0.3 is 37.6 Å². The van der Waals surface area contributed by atoms with Gasteiger partial charge in [0.15, 0.2) is 17.3 Å². The number of amides is 2. The Morgan fingerprint density at radius 1 is 0.768 bits per heavy atom. The van der Waals surface area contributed by atoms with Gasteiger partial charge in [0.05, 0.1) is 38.1 Å². The maximum atomic E-state index is 14.7. The lowest BCUT2D eigenvalue weighted by molar-refractivity contribution is 0.0256. The van der Waals surface area contributed by atoms with E-state index in [9.17, 15) is 9.59 Å². The van der Waals surface area contributed by atoms with Crippen LogP contribution in [0, 0.1) is 0 Å². The van der Waals surface area contributed by atoms with E-state index in [1.807, 2.05) is 43.0 Å². The highest BCUT2D eigenvalue weighted by atomic mass is 16.5. The Morgan fingerprint density at radius 3 is 2.06 bits per heavy atom. The number of hydrogen-bond donors (Lipinski definition) is 3. The Labute approximate surface area is 472 Å². The SMILES string of the molecule is C[N+]1(C)C(=O)N(CCN2CCN(c3ccc(OCC4CCCO4)cc3)CC2)c2nc3c(n21)C(c1ccco1)(c1ccco1)N=C(NN1CN=Cc2c1nc1n(CCN4CCN(c5ccc(OC6CCOCC6)cc5)CC4)c(=O)[nH]n21)N3N. The molecule has 7 aliphatic heterocycles. The summed E-state index contributed by atoms with van der Waals surface area (Å²) in [6, 6.07) is 23.8. The summed E-state index contributed by atoms with van der Waals surface area (Å²) in [7, 11) is 3.66. The number of carbonyl (C=O) groups excluding carboxylic acids is 1. The summed E-state index contributed by atoms with van der Waals surface area (Å²) in [5, 5.41) is 6.09. The summed E-state index contributed by atoms with van der Waals surface area (Å²) >= 11 is 0. The summed E-state index contributed by atoms with van der Waals surface area (Å²) in [5.41, 5.74) is 4.96. The number of H-pyrrole nitrogens is 1. The summed E-state index contributed by atoms with van der Waals surface area (Å²) in [5.74, 6) is 11.6. The smallest absolute Gasteiger partial charge is 0.450 e. The van der Waals surface area contributed by atoms with E-state index in [1.54, 1.807) is 49.9 Å². The minimum Gasteiger partial charge on any atom is -0.491 e. The van der Waals surface area contributed by atoms with Crippen LogP contribution in [0.3, 0.4) is 0 Å². The number of nitrogens with zero attached hydrogens (tertiary/aromatic N) is 15. The number of hydrogen-bond acceptors (Lipinski definition) is 20. The third kappa shape index (κ3) is 9.31. The molecule has 1 unspecified atom stereocenters. The topological polar surface area (TPSA) is 239 Å². The molecule has 0 bridgehead atoms. The number of guanidine groups is 1. The van der Waals surface area contributed by atoms with Gasteiger partial charge in [0.25, 0.3) is 5.95 Å². The van der Waals surface area contributed by atoms with E-state index in [-0.39, 0.29) is 41.1 Å². The number of aromatic amines is 1. The van der Waals surface area contributed by atoms with Crippen molar-refractivity contribution in [2.45, 2.75) is 50.0 Å². The molecule has 4 N–H and O–H groups in total. The predicted molar refractivity (Wildman–Crippen MR) is 307 cm³/mol. The molecular weight excluding hydrogens is 1050 g/mol. The number of rotatable bonds is 16. The lowest BCUT2D eigenvalue weighted by Crippen LogP contribution is -2.60. The molecule has 14 rings (SSSR count). The van der Waals surface area contributed by atoms with Gasteiger partial charge in [-0.15, -0.1) is 9.27 Å². The van der Waals surface area contributed by atoms with E-state index in [0.717, 1.165) is 121 Å². The number of ether oxygens (including phenoxy) is 4. The van der Waals surface area contributed by atoms with Gasteiger partial charge in [0, 0.05) is 109 Å². The molecule has 7 aliphatic rings. The number of carbonyl (C=O) groups is 1. The zero-order valence-corrected chi connectivity index (χ0v) is 46.2. The molecule has 4 fully saturated rings. The van der Waals surface area contributed by atoms with Crippen molar-refractivity contribution in [3.8, 4) is 11.5 Å². The quantitative estimate of drug-likeness (QED) is 0.0929. The summed E-state index contributed by atoms with van der Waals surface area (Å²) < 4.78 is 41.0. The molecule has 2 aromatic carbocycles. The molecule has 1 atom stereocenters. The molecule has 4 saturated heterocycles. The third-order valence-corrected chi connectivity index (χ3v) is 16.9. The van der Waals surface area contributed by atoms with Crippen molar-refractivity contribution in [1.82, 2.24) is 48.6 Å². The van der Waals surface area contributed by atoms with Crippen LogP contribution in [-0.4, -0.2) is 188 Å². The van der Waals surface area contributed by atoms with Gasteiger partial charge in [-0.1, -0.05) is 0 Å². The number of aromatic nitrogens is 6. The van der Waals surface area contributed by atoms with Gasteiger partial charge in [-0.25, -0.2) is 45.0 Å². The van der Waals surface area contributed by atoms with Crippen LogP contribution in [0.1, 0.15) is 48.6 Å². The van der Waals surface area contributed by atoms with Crippen LogP contribution in [0.25, 0.3) is 5.78 Å². The molecule has 82 heavy (non-hydrogen) atoms. The summed E-state index contributed by atoms with van der Waals surface area (Å²) in [4.78, 5) is 60.0. The number of nitrogens with one attached hydrogen (secondary N) is 2. The first kappa shape index (κ1) is 52.0. The van der Waals surface area contributed by atoms with Crippen LogP contribution in [0.15, 0.2) is 109 Å². The largest absolute Gasteiger partial charge is 0.491 e. The Kier molecular flexibility index (Phi) is 13.5. The van der Waals surface area contributed by atoms with Crippen molar-refractivity contribution in [1.29, 1.82) is 0 Å². The Balaban J connectivity index is 0.680. The van der Waals surface area contributed by atoms with E-state index in [4.69, 9.17) is 48.6 Å². The van der Waals surface area contributed by atoms with Gasteiger partial charge in [-0.3, -0.25) is 24.8 Å². The molecule has 12 heterocycles. The van der Waals surface area contributed by atoms with Crippen LogP contribution in [0.2, 0.25) is 0 Å².